The highest BCUT2D eigenvalue weighted by molar-refractivity contribution is 5.78. The normalized spacial score (nSPS) is 31.7. The van der Waals surface area contributed by atoms with Crippen molar-refractivity contribution in [2.45, 2.75) is 366 Å². The first-order valence-corrected chi connectivity index (χ1v) is 37.2. The molecular formula is C70H125N3O29. The van der Waals surface area contributed by atoms with Crippen molar-refractivity contribution in [1.82, 2.24) is 16.0 Å². The number of aliphatic hydroxyl groups excluding tert-OH is 14. The molecule has 0 aliphatic carbocycles. The largest absolute Gasteiger partial charge is 0.477 e. The zero-order valence-electron chi connectivity index (χ0n) is 60.1. The van der Waals surface area contributed by atoms with E-state index in [4.69, 9.17) is 37.9 Å². The second-order valence-electron chi connectivity index (χ2n) is 27.9. The Balaban J connectivity index is 1.47. The summed E-state index contributed by atoms with van der Waals surface area (Å²) in [7, 11) is 0. The summed E-state index contributed by atoms with van der Waals surface area (Å²) in [5.74, 6) is -12.7. The minimum absolute atomic E-state index is 0.159. The van der Waals surface area contributed by atoms with Crippen molar-refractivity contribution in [2.75, 3.05) is 33.0 Å². The number of amides is 3. The van der Waals surface area contributed by atoms with Crippen LogP contribution >= 0.6 is 0 Å². The third-order valence-electron chi connectivity index (χ3n) is 19.4. The van der Waals surface area contributed by atoms with Crippen LogP contribution in [0.1, 0.15) is 220 Å². The van der Waals surface area contributed by atoms with Crippen molar-refractivity contribution >= 4 is 29.7 Å². The maximum absolute atomic E-state index is 13.5. The first-order chi connectivity index (χ1) is 48.7. The molecule has 0 spiro atoms. The van der Waals surface area contributed by atoms with Gasteiger partial charge in [0.15, 0.2) is 12.6 Å². The minimum atomic E-state index is -3.34. The van der Waals surface area contributed by atoms with Gasteiger partial charge in [-0.05, 0) is 19.3 Å². The van der Waals surface area contributed by atoms with Gasteiger partial charge in [-0.25, -0.2) is 9.59 Å². The predicted molar refractivity (Wildman–Crippen MR) is 363 cm³/mol. The molecular weight excluding hydrogens is 1350 g/mol. The summed E-state index contributed by atoms with van der Waals surface area (Å²) >= 11 is 0. The molecule has 3 amide bonds. The van der Waals surface area contributed by atoms with E-state index in [1.165, 1.54) is 109 Å². The van der Waals surface area contributed by atoms with E-state index in [9.17, 15) is 106 Å². The molecule has 32 nitrogen and oxygen atoms in total. The molecule has 4 saturated heterocycles. The van der Waals surface area contributed by atoms with E-state index in [-0.39, 0.29) is 12.3 Å². The smallest absolute Gasteiger partial charge is 0.364 e. The molecule has 0 saturated carbocycles. The molecule has 4 aliphatic heterocycles. The van der Waals surface area contributed by atoms with Crippen LogP contribution < -0.4 is 16.0 Å². The summed E-state index contributed by atoms with van der Waals surface area (Å²) in [6.45, 7) is 1.30. The third-order valence-corrected chi connectivity index (χ3v) is 19.4. The van der Waals surface area contributed by atoms with Gasteiger partial charge in [0, 0.05) is 33.1 Å². The van der Waals surface area contributed by atoms with Crippen molar-refractivity contribution in [3.05, 3.63) is 12.2 Å². The number of hydrogen-bond acceptors (Lipinski definition) is 27. The SMILES string of the molecule is CCCCCCCCCCCCC/C=C/[C@@H](O)[C@H](COC1OC(CO)C(OC2OC(CO)C(O)C(OC3(C(=O)O)CC(O)C(NC(C)=O)C([C@H](O)[C@H](O)COC4(C(=O)O)CC(O)C(NC(C)=O)C([C@H](O)[C@H](O)CO)O4)O3)C2O)C(O)C1O)NC(=O)CCCCCCCCCCCCCCCCC. The first-order valence-electron chi connectivity index (χ1n) is 37.2. The summed E-state index contributed by atoms with van der Waals surface area (Å²) < 4.78 is 46.1. The molecule has 19 N–H and O–H groups in total. The molecule has 0 aromatic heterocycles. The van der Waals surface area contributed by atoms with E-state index in [0.29, 0.717) is 12.8 Å². The van der Waals surface area contributed by atoms with Gasteiger partial charge < -0.3 is 136 Å². The molecule has 0 radical (unpaired) electrons. The van der Waals surface area contributed by atoms with Crippen molar-refractivity contribution in [3.8, 4) is 0 Å². The fraction of sp³-hybridized carbons (Fsp3) is 0.900. The lowest BCUT2D eigenvalue weighted by atomic mass is 9.87. The Kier molecular flexibility index (Phi) is 42.5. The molecule has 32 heteroatoms. The lowest BCUT2D eigenvalue weighted by Crippen LogP contribution is -2.71. The van der Waals surface area contributed by atoms with Gasteiger partial charge in [-0.15, -0.1) is 0 Å². The second-order valence-corrected chi connectivity index (χ2v) is 27.9. The number of aliphatic hydroxyl groups is 14. The second kappa shape index (κ2) is 47.8. The topological polar surface area (TPSA) is 519 Å². The van der Waals surface area contributed by atoms with Crippen LogP contribution in [0, 0.1) is 0 Å². The van der Waals surface area contributed by atoms with Crippen molar-refractivity contribution in [1.29, 1.82) is 0 Å². The van der Waals surface area contributed by atoms with Gasteiger partial charge in [-0.1, -0.05) is 180 Å². The molecule has 18 unspecified atom stereocenters. The van der Waals surface area contributed by atoms with Crippen molar-refractivity contribution in [3.63, 3.8) is 0 Å². The van der Waals surface area contributed by atoms with E-state index in [1.807, 2.05) is 6.08 Å². The van der Waals surface area contributed by atoms with Crippen LogP contribution in [0.5, 0.6) is 0 Å². The van der Waals surface area contributed by atoms with Crippen LogP contribution in [0.25, 0.3) is 0 Å². The fourth-order valence-electron chi connectivity index (χ4n) is 13.4. The Bertz CT molecular complexity index is 2410. The molecule has 594 valence electrons. The van der Waals surface area contributed by atoms with E-state index in [0.717, 1.165) is 65.2 Å². The van der Waals surface area contributed by atoms with Gasteiger partial charge in [0.2, 0.25) is 17.7 Å². The quantitative estimate of drug-likeness (QED) is 0.0288. The number of allylic oxidation sites excluding steroid dienone is 1. The molecule has 4 heterocycles. The minimum Gasteiger partial charge on any atom is -0.477 e. The van der Waals surface area contributed by atoms with Gasteiger partial charge >= 0.3 is 11.9 Å². The number of aliphatic carboxylic acids is 2. The molecule has 0 aromatic carbocycles. The van der Waals surface area contributed by atoms with Gasteiger partial charge in [0.25, 0.3) is 11.6 Å². The number of carboxylic acid groups (broad SMARTS) is 2. The number of rotatable bonds is 52. The first kappa shape index (κ1) is 90.6. The van der Waals surface area contributed by atoms with E-state index in [2.05, 4.69) is 29.8 Å². The summed E-state index contributed by atoms with van der Waals surface area (Å²) in [6, 6.07) is -4.60. The molecule has 4 aliphatic rings. The zero-order chi connectivity index (χ0) is 75.5. The lowest BCUT2D eigenvalue weighted by molar-refractivity contribution is -0.386. The van der Waals surface area contributed by atoms with Crippen molar-refractivity contribution < 1.29 is 144 Å². The Hall–Kier alpha value is -3.79. The number of carboxylic acids is 2. The summed E-state index contributed by atoms with van der Waals surface area (Å²) in [5, 5.41) is 184. The lowest BCUT2D eigenvalue weighted by Gasteiger charge is -2.50. The van der Waals surface area contributed by atoms with Gasteiger partial charge in [0.05, 0.1) is 69.5 Å². The highest BCUT2D eigenvalue weighted by Gasteiger charge is 2.61. The van der Waals surface area contributed by atoms with Gasteiger partial charge in [-0.3, -0.25) is 14.4 Å². The monoisotopic (exact) mass is 1470 g/mol. The van der Waals surface area contributed by atoms with Crippen LogP contribution in [0.15, 0.2) is 12.2 Å². The molecule has 4 rings (SSSR count). The summed E-state index contributed by atoms with van der Waals surface area (Å²) in [6.07, 6.45) is -7.62. The Labute approximate surface area is 598 Å². The number of carbonyl (C=O) groups is 5. The highest BCUT2D eigenvalue weighted by Crippen LogP contribution is 2.40. The molecule has 102 heavy (non-hydrogen) atoms. The maximum Gasteiger partial charge on any atom is 0.364 e. The average molecular weight is 1470 g/mol. The van der Waals surface area contributed by atoms with E-state index >= 15 is 0 Å². The van der Waals surface area contributed by atoms with Crippen molar-refractivity contribution in [2.24, 2.45) is 0 Å². The summed E-state index contributed by atoms with van der Waals surface area (Å²) in [4.78, 5) is 64.4. The number of ether oxygens (including phenoxy) is 8. The Morgan fingerprint density at radius 1 is 0.520 bits per heavy atom. The maximum atomic E-state index is 13.5. The Morgan fingerprint density at radius 2 is 0.961 bits per heavy atom. The number of unbranched alkanes of at least 4 members (excludes halogenated alkanes) is 25. The zero-order valence-corrected chi connectivity index (χ0v) is 60.1. The van der Waals surface area contributed by atoms with Gasteiger partial charge in [-0.2, -0.15) is 0 Å². The Morgan fingerprint density at radius 3 is 1.42 bits per heavy atom. The molecule has 24 atom stereocenters. The predicted octanol–water partition coefficient (Wildman–Crippen LogP) is 0.339. The molecule has 0 aromatic rings. The van der Waals surface area contributed by atoms with E-state index in [1.54, 1.807) is 6.08 Å². The number of hydrogen-bond donors (Lipinski definition) is 19. The number of carbonyl (C=O) groups excluding carboxylic acids is 3. The van der Waals surface area contributed by atoms with Crippen LogP contribution in [-0.2, 0) is 61.9 Å². The standard InChI is InChI=1S/C70H125N3O29/c1-5-7-9-11-13-15-17-19-20-22-24-26-28-30-32-34-52(84)73-44(45(79)33-31-29-27-25-23-21-18-16-14-12-10-8-6-2)40-95-65-59(89)58(88)61(51(39-76)98-65)99-66-60(90)64(57(87)50(38-75)97-66)102-70(68(93)94)36-47(81)54(72-43(4)78)63(101-70)56(86)49(83)41-96-69(67(91)92)35-46(80)53(71-42(3)77)62(100-69)55(85)48(82)37-74/h31,33,44-51,53-66,74-76,79-83,85-90H,5-30,32,34-41H2,1-4H3,(H,71,77)(H,72,78)(H,73,84)(H,91,92)(H,93,94)/b33-31+/t44-,45+,46?,47?,48+,49+,50?,51?,53?,54?,55+,56+,57?,58?,59?,60?,61?,62?,63?,64?,65?,66?,69?,70?/m0/s1. The van der Waals surface area contributed by atoms with Gasteiger partial charge in [0.1, 0.15) is 85.5 Å². The highest BCUT2D eigenvalue weighted by atomic mass is 16.8. The molecule has 0 bridgehead atoms. The average Bonchev–Trinajstić information content (AvgIpc) is 0.758. The van der Waals surface area contributed by atoms with Crippen LogP contribution in [0.3, 0.4) is 0 Å². The summed E-state index contributed by atoms with van der Waals surface area (Å²) in [5.41, 5.74) is 0. The fourth-order valence-corrected chi connectivity index (χ4v) is 13.4. The van der Waals surface area contributed by atoms with Crippen LogP contribution in [0.4, 0.5) is 0 Å². The molecule has 4 fully saturated rings. The van der Waals surface area contributed by atoms with Crippen LogP contribution in [0.2, 0.25) is 0 Å². The van der Waals surface area contributed by atoms with Crippen LogP contribution in [-0.4, -0.2) is 290 Å². The number of nitrogens with one attached hydrogen (secondary N) is 3. The van der Waals surface area contributed by atoms with E-state index < -0.39 is 216 Å². The third kappa shape index (κ3) is 28.7.